The Hall–Kier alpha value is -3.96. The molecule has 5 rings (SSSR count). The van der Waals surface area contributed by atoms with Gasteiger partial charge in [0.05, 0.1) is 36.2 Å². The molecule has 3 aromatic heterocycles. The first-order valence-corrected chi connectivity index (χ1v) is 12.9. The maximum absolute atomic E-state index is 12.6. The molecule has 182 valence electrons. The highest BCUT2D eigenvalue weighted by Crippen LogP contribution is 2.26. The zero-order valence-corrected chi connectivity index (χ0v) is 21.2. The molecule has 36 heavy (non-hydrogen) atoms. The maximum atomic E-state index is 12.6. The number of hydrogen-bond donors (Lipinski definition) is 2. The van der Waals surface area contributed by atoms with Crippen molar-refractivity contribution in [2.45, 2.75) is 18.5 Å². The van der Waals surface area contributed by atoms with E-state index in [1.54, 1.807) is 24.6 Å². The third kappa shape index (κ3) is 5.02. The predicted octanol–water partition coefficient (Wildman–Crippen LogP) is 4.57. The number of rotatable bonds is 8. The van der Waals surface area contributed by atoms with Crippen LogP contribution in [0.5, 0.6) is 5.75 Å². The Labute approximate surface area is 214 Å². The molecule has 0 aliphatic heterocycles. The Morgan fingerprint density at radius 2 is 1.86 bits per heavy atom. The fraction of sp³-hybridized carbons (Fsp3) is 0.160. The Bertz CT molecular complexity index is 1580. The second-order valence-electron chi connectivity index (χ2n) is 7.93. The smallest absolute Gasteiger partial charge is 0.236 e. The Kier molecular flexibility index (Phi) is 6.83. The third-order valence-electron chi connectivity index (χ3n) is 5.43. The van der Waals surface area contributed by atoms with Crippen molar-refractivity contribution in [2.75, 3.05) is 23.5 Å². The highest BCUT2D eigenvalue weighted by molar-refractivity contribution is 7.99. The lowest BCUT2D eigenvalue weighted by Crippen LogP contribution is -2.16. The summed E-state index contributed by atoms with van der Waals surface area (Å²) in [7, 11) is 1.55. The maximum Gasteiger partial charge on any atom is 0.236 e. The van der Waals surface area contributed by atoms with E-state index in [0.717, 1.165) is 22.1 Å². The molecule has 2 N–H and O–H groups in total. The number of thioether (sulfide) groups is 1. The molecule has 0 saturated carbocycles. The van der Waals surface area contributed by atoms with Gasteiger partial charge in [-0.1, -0.05) is 42.1 Å². The minimum Gasteiger partial charge on any atom is -0.495 e. The van der Waals surface area contributed by atoms with Gasteiger partial charge < -0.3 is 15.4 Å². The highest BCUT2D eigenvalue weighted by Gasteiger charge is 2.15. The Morgan fingerprint density at radius 1 is 1.06 bits per heavy atom. The molecule has 11 heteroatoms. The molecule has 2 aromatic carbocycles. The number of hydrogen-bond acceptors (Lipinski definition) is 8. The third-order valence-corrected chi connectivity index (χ3v) is 7.16. The number of thiazole rings is 1. The lowest BCUT2D eigenvalue weighted by molar-refractivity contribution is -0.115. The van der Waals surface area contributed by atoms with E-state index < -0.39 is 0 Å². The molecule has 0 saturated heterocycles. The van der Waals surface area contributed by atoms with Gasteiger partial charge in [-0.2, -0.15) is 0 Å². The van der Waals surface area contributed by atoms with Crippen molar-refractivity contribution >= 4 is 62.3 Å². The number of nitrogens with zero attached hydrogens (tertiary/aromatic N) is 4. The summed E-state index contributed by atoms with van der Waals surface area (Å²) in [5.74, 6) is 0.289. The molecule has 0 aliphatic rings. The average molecular weight is 519 g/mol. The van der Waals surface area contributed by atoms with Crippen molar-refractivity contribution in [3.63, 3.8) is 0 Å². The van der Waals surface area contributed by atoms with E-state index in [4.69, 9.17) is 4.74 Å². The summed E-state index contributed by atoms with van der Waals surface area (Å²) in [4.78, 5) is 29.4. The van der Waals surface area contributed by atoms with Crippen molar-refractivity contribution in [3.8, 4) is 5.75 Å². The molecule has 2 amide bonds. The first-order valence-electron chi connectivity index (χ1n) is 11.0. The van der Waals surface area contributed by atoms with Gasteiger partial charge in [-0.3, -0.25) is 14.0 Å². The van der Waals surface area contributed by atoms with Gasteiger partial charge in [0.15, 0.2) is 15.9 Å². The van der Waals surface area contributed by atoms with Crippen LogP contribution in [-0.2, 0) is 16.0 Å². The van der Waals surface area contributed by atoms with Gasteiger partial charge in [-0.15, -0.1) is 21.5 Å². The number of pyridine rings is 1. The second-order valence-corrected chi connectivity index (χ2v) is 9.73. The summed E-state index contributed by atoms with van der Waals surface area (Å²) < 4.78 is 7.22. The van der Waals surface area contributed by atoms with Gasteiger partial charge in [0.2, 0.25) is 11.8 Å². The zero-order chi connectivity index (χ0) is 25.1. The zero-order valence-electron chi connectivity index (χ0n) is 19.5. The van der Waals surface area contributed by atoms with E-state index in [-0.39, 0.29) is 24.0 Å². The van der Waals surface area contributed by atoms with Crippen LogP contribution in [0.2, 0.25) is 0 Å². The summed E-state index contributed by atoms with van der Waals surface area (Å²) in [5, 5.41) is 18.1. The molecular weight excluding hydrogens is 496 g/mol. The van der Waals surface area contributed by atoms with Gasteiger partial charge in [0.1, 0.15) is 5.75 Å². The topological polar surface area (TPSA) is 111 Å². The summed E-state index contributed by atoms with van der Waals surface area (Å²) in [6.07, 6.45) is 0.0807. The second kappa shape index (κ2) is 10.3. The largest absolute Gasteiger partial charge is 0.495 e. The van der Waals surface area contributed by atoms with Crippen molar-refractivity contribution in [1.82, 2.24) is 19.6 Å². The fourth-order valence-corrected chi connectivity index (χ4v) is 5.28. The van der Waals surface area contributed by atoms with Crippen LogP contribution in [0.25, 0.3) is 16.6 Å². The van der Waals surface area contributed by atoms with E-state index >= 15 is 0 Å². The number of ether oxygens (including phenoxy) is 1. The number of aromatic nitrogens is 4. The minimum absolute atomic E-state index is 0.0807. The van der Waals surface area contributed by atoms with Crippen LogP contribution in [0, 0.1) is 6.92 Å². The predicted molar refractivity (Wildman–Crippen MR) is 142 cm³/mol. The van der Waals surface area contributed by atoms with Gasteiger partial charge in [-0.05, 0) is 36.8 Å². The molecule has 0 spiro atoms. The van der Waals surface area contributed by atoms with Crippen molar-refractivity contribution in [3.05, 3.63) is 71.2 Å². The summed E-state index contributed by atoms with van der Waals surface area (Å²) >= 11 is 2.58. The number of para-hydroxylation sites is 3. The number of fused-ring (bicyclic) bond motifs is 3. The van der Waals surface area contributed by atoms with E-state index in [1.807, 2.05) is 47.7 Å². The lowest BCUT2D eigenvalue weighted by Gasteiger charge is -2.09. The van der Waals surface area contributed by atoms with Gasteiger partial charge in [0, 0.05) is 10.8 Å². The molecule has 3 heterocycles. The van der Waals surface area contributed by atoms with Gasteiger partial charge in [0.25, 0.3) is 0 Å². The molecule has 0 fully saturated rings. The van der Waals surface area contributed by atoms with Crippen LogP contribution in [0.1, 0.15) is 11.3 Å². The van der Waals surface area contributed by atoms with Gasteiger partial charge in [-0.25, -0.2) is 4.98 Å². The molecule has 0 atom stereocenters. The van der Waals surface area contributed by atoms with Crippen molar-refractivity contribution in [1.29, 1.82) is 0 Å². The summed E-state index contributed by atoms with van der Waals surface area (Å²) in [6, 6.07) is 17.2. The van der Waals surface area contributed by atoms with Crippen molar-refractivity contribution < 1.29 is 14.3 Å². The van der Waals surface area contributed by atoms with E-state index in [9.17, 15) is 9.59 Å². The molecule has 0 unspecified atom stereocenters. The number of aryl methyl sites for hydroxylation is 1. The summed E-state index contributed by atoms with van der Waals surface area (Å²) in [5.41, 5.74) is 4.02. The van der Waals surface area contributed by atoms with Crippen molar-refractivity contribution in [2.24, 2.45) is 0 Å². The summed E-state index contributed by atoms with van der Waals surface area (Å²) in [6.45, 7) is 2.04. The number of nitrogens with one attached hydrogen (secondary N) is 2. The highest BCUT2D eigenvalue weighted by atomic mass is 32.2. The monoisotopic (exact) mass is 518 g/mol. The normalized spacial score (nSPS) is 11.1. The molecule has 0 aliphatic carbocycles. The fourth-order valence-electron chi connectivity index (χ4n) is 3.81. The number of carbonyl (C=O) groups is 2. The Balaban J connectivity index is 1.20. The van der Waals surface area contributed by atoms with Gasteiger partial charge >= 0.3 is 0 Å². The van der Waals surface area contributed by atoms with Crippen LogP contribution >= 0.6 is 23.1 Å². The van der Waals surface area contributed by atoms with E-state index in [1.165, 1.54) is 23.1 Å². The number of carbonyl (C=O) groups excluding carboxylic acids is 2. The lowest BCUT2D eigenvalue weighted by atomic mass is 10.1. The van der Waals surface area contributed by atoms with Crippen LogP contribution in [0.3, 0.4) is 0 Å². The number of amides is 2. The van der Waals surface area contributed by atoms with Crippen LogP contribution in [-0.4, -0.2) is 44.3 Å². The molecule has 9 nitrogen and oxygen atoms in total. The number of benzene rings is 2. The van der Waals surface area contributed by atoms with Crippen LogP contribution in [0.15, 0.2) is 65.1 Å². The number of methoxy groups -OCH3 is 1. The first-order chi connectivity index (χ1) is 17.5. The minimum atomic E-state index is -0.223. The van der Waals surface area contributed by atoms with E-state index in [0.29, 0.717) is 27.4 Å². The van der Waals surface area contributed by atoms with E-state index in [2.05, 4.69) is 31.9 Å². The molecular formula is C25H22N6O3S2. The standard InChI is InChI=1S/C25H22N6O3S2/c1-15-11-21-29-30-25(31(21)19-9-5-3-7-17(15)19)36-14-23(33)28-24-26-16(13-35-24)12-22(32)27-18-8-4-6-10-20(18)34-2/h3-11,13H,12,14H2,1-2H3,(H,27,32)(H,26,28,33). The molecule has 0 bridgehead atoms. The molecule has 0 radical (unpaired) electrons. The van der Waals surface area contributed by atoms with Crippen LogP contribution in [0.4, 0.5) is 10.8 Å². The SMILES string of the molecule is COc1ccccc1NC(=O)Cc1csc(NC(=O)CSc2nnc3cc(C)c4ccccc4n23)n1. The molecule has 5 aromatic rings. The van der Waals surface area contributed by atoms with Crippen LogP contribution < -0.4 is 15.4 Å². The quantitative estimate of drug-likeness (QED) is 0.290. The average Bonchev–Trinajstić information content (AvgIpc) is 3.49. The first kappa shape index (κ1) is 23.8. The number of anilines is 2. The Morgan fingerprint density at radius 3 is 2.72 bits per heavy atom.